The Morgan fingerprint density at radius 3 is 2.38 bits per heavy atom. The molecule has 0 spiro atoms. The number of rotatable bonds is 3. The molecule has 8 heteroatoms. The fourth-order valence-corrected chi connectivity index (χ4v) is 2.41. The Hall–Kier alpha value is -2.12. The molecule has 0 radical (unpaired) electrons. The van der Waals surface area contributed by atoms with Crippen LogP contribution in [-0.2, 0) is 4.79 Å². The number of carbonyl (C=O) groups is 2. The number of carbonyl (C=O) groups excluding carboxylic acids is 1. The summed E-state index contributed by atoms with van der Waals surface area (Å²) in [5, 5.41) is 11.2. The summed E-state index contributed by atoms with van der Waals surface area (Å²) < 4.78 is 52.4. The zero-order valence-electron chi connectivity index (χ0n) is 10.6. The second-order valence-corrected chi connectivity index (χ2v) is 4.80. The lowest BCUT2D eigenvalue weighted by molar-refractivity contribution is -0.142. The molecule has 0 aromatic heterocycles. The van der Waals surface area contributed by atoms with Crippen LogP contribution in [0.4, 0.5) is 17.6 Å². The van der Waals surface area contributed by atoms with Crippen LogP contribution >= 0.6 is 0 Å². The molecule has 2 rings (SSSR count). The highest BCUT2D eigenvalue weighted by Gasteiger charge is 2.35. The molecule has 2 N–H and O–H groups in total. The molecule has 1 aromatic rings. The predicted molar refractivity (Wildman–Crippen MR) is 62.5 cm³/mol. The first-order valence-electron chi connectivity index (χ1n) is 6.19. The van der Waals surface area contributed by atoms with Gasteiger partial charge >= 0.3 is 5.97 Å². The fraction of sp³-hybridized carbons (Fsp3) is 0.385. The highest BCUT2D eigenvalue weighted by molar-refractivity contribution is 5.95. The van der Waals surface area contributed by atoms with Gasteiger partial charge in [0, 0.05) is 6.04 Å². The number of carboxylic acids is 1. The SMILES string of the molecule is O=C(NC1CCCC1C(=O)O)c1cc(F)c(F)c(F)c1F. The summed E-state index contributed by atoms with van der Waals surface area (Å²) in [7, 11) is 0. The van der Waals surface area contributed by atoms with E-state index < -0.39 is 52.7 Å². The smallest absolute Gasteiger partial charge is 0.308 e. The molecule has 1 aliphatic carbocycles. The van der Waals surface area contributed by atoms with E-state index in [0.717, 1.165) is 0 Å². The van der Waals surface area contributed by atoms with E-state index in [1.807, 2.05) is 0 Å². The van der Waals surface area contributed by atoms with Gasteiger partial charge in [0.15, 0.2) is 23.3 Å². The van der Waals surface area contributed by atoms with Gasteiger partial charge in [-0.25, -0.2) is 17.6 Å². The predicted octanol–water partition coefficient (Wildman–Crippen LogP) is 2.23. The van der Waals surface area contributed by atoms with Crippen LogP contribution in [0.15, 0.2) is 6.07 Å². The van der Waals surface area contributed by atoms with Crippen molar-refractivity contribution in [3.63, 3.8) is 0 Å². The number of carboxylic acid groups (broad SMARTS) is 1. The zero-order chi connectivity index (χ0) is 15.7. The maximum atomic E-state index is 13.5. The van der Waals surface area contributed by atoms with Crippen molar-refractivity contribution < 1.29 is 32.3 Å². The van der Waals surface area contributed by atoms with Crippen LogP contribution in [0.2, 0.25) is 0 Å². The summed E-state index contributed by atoms with van der Waals surface area (Å²) in [5.74, 6) is -10.7. The van der Waals surface area contributed by atoms with Crippen molar-refractivity contribution in [1.29, 1.82) is 0 Å². The van der Waals surface area contributed by atoms with E-state index in [2.05, 4.69) is 5.32 Å². The van der Waals surface area contributed by atoms with Gasteiger partial charge < -0.3 is 10.4 Å². The van der Waals surface area contributed by atoms with E-state index in [4.69, 9.17) is 5.11 Å². The van der Waals surface area contributed by atoms with Crippen molar-refractivity contribution in [3.05, 3.63) is 34.9 Å². The molecule has 1 aliphatic rings. The number of benzene rings is 1. The van der Waals surface area contributed by atoms with Crippen molar-refractivity contribution in [2.75, 3.05) is 0 Å². The van der Waals surface area contributed by atoms with E-state index in [1.165, 1.54) is 0 Å². The van der Waals surface area contributed by atoms with Gasteiger partial charge in [0.1, 0.15) is 0 Å². The van der Waals surface area contributed by atoms with E-state index >= 15 is 0 Å². The molecule has 4 nitrogen and oxygen atoms in total. The first kappa shape index (κ1) is 15.3. The highest BCUT2D eigenvalue weighted by Crippen LogP contribution is 2.26. The van der Waals surface area contributed by atoms with Crippen LogP contribution in [-0.4, -0.2) is 23.0 Å². The van der Waals surface area contributed by atoms with Gasteiger partial charge in [-0.1, -0.05) is 6.42 Å². The fourth-order valence-electron chi connectivity index (χ4n) is 2.41. The summed E-state index contributed by atoms with van der Waals surface area (Å²) >= 11 is 0. The third-order valence-electron chi connectivity index (χ3n) is 3.50. The van der Waals surface area contributed by atoms with Gasteiger partial charge in [0.2, 0.25) is 0 Å². The summed E-state index contributed by atoms with van der Waals surface area (Å²) in [6, 6.07) is -0.515. The lowest BCUT2D eigenvalue weighted by Gasteiger charge is -2.18. The lowest BCUT2D eigenvalue weighted by Crippen LogP contribution is -2.40. The summed E-state index contributed by atoms with van der Waals surface area (Å²) in [6.07, 6.45) is 1.25. The summed E-state index contributed by atoms with van der Waals surface area (Å²) in [6.45, 7) is 0. The van der Waals surface area contributed by atoms with Crippen LogP contribution in [0.5, 0.6) is 0 Å². The lowest BCUT2D eigenvalue weighted by atomic mass is 10.0. The highest BCUT2D eigenvalue weighted by atomic mass is 19.2. The Labute approximate surface area is 116 Å². The van der Waals surface area contributed by atoms with E-state index in [9.17, 15) is 27.2 Å². The minimum absolute atomic E-state index is 0.244. The maximum Gasteiger partial charge on any atom is 0.308 e. The van der Waals surface area contributed by atoms with Gasteiger partial charge in [-0.05, 0) is 18.9 Å². The van der Waals surface area contributed by atoms with Crippen molar-refractivity contribution in [1.82, 2.24) is 5.32 Å². The first-order valence-corrected chi connectivity index (χ1v) is 6.19. The molecule has 1 aromatic carbocycles. The minimum atomic E-state index is -2.08. The Morgan fingerprint density at radius 2 is 1.76 bits per heavy atom. The van der Waals surface area contributed by atoms with Gasteiger partial charge in [0.25, 0.3) is 5.91 Å². The van der Waals surface area contributed by atoms with E-state index in [0.29, 0.717) is 19.3 Å². The molecule has 0 heterocycles. The van der Waals surface area contributed by atoms with Gasteiger partial charge in [-0.2, -0.15) is 0 Å². The monoisotopic (exact) mass is 305 g/mol. The second kappa shape index (κ2) is 5.71. The number of aliphatic carboxylic acids is 1. The molecule has 21 heavy (non-hydrogen) atoms. The minimum Gasteiger partial charge on any atom is -0.481 e. The number of hydrogen-bond acceptors (Lipinski definition) is 2. The molecule has 114 valence electrons. The zero-order valence-corrected chi connectivity index (χ0v) is 10.6. The maximum absolute atomic E-state index is 13.5. The molecular weight excluding hydrogens is 294 g/mol. The van der Waals surface area contributed by atoms with Crippen molar-refractivity contribution in [2.45, 2.75) is 25.3 Å². The molecule has 0 saturated heterocycles. The van der Waals surface area contributed by atoms with Crippen LogP contribution in [0.25, 0.3) is 0 Å². The van der Waals surface area contributed by atoms with Crippen LogP contribution < -0.4 is 5.32 Å². The normalized spacial score (nSPS) is 21.3. The van der Waals surface area contributed by atoms with Crippen molar-refractivity contribution >= 4 is 11.9 Å². The molecule has 0 aliphatic heterocycles. The topological polar surface area (TPSA) is 66.4 Å². The third-order valence-corrected chi connectivity index (χ3v) is 3.50. The molecule has 2 atom stereocenters. The number of amides is 1. The van der Waals surface area contributed by atoms with E-state index in [-0.39, 0.29) is 6.07 Å². The van der Waals surface area contributed by atoms with Gasteiger partial charge in [-0.3, -0.25) is 9.59 Å². The Kier molecular flexibility index (Phi) is 4.15. The van der Waals surface area contributed by atoms with Crippen LogP contribution in [0, 0.1) is 29.2 Å². The number of nitrogens with one attached hydrogen (secondary N) is 1. The molecule has 2 unspecified atom stereocenters. The Balaban J connectivity index is 2.23. The molecular formula is C13H11F4NO3. The Morgan fingerprint density at radius 1 is 1.10 bits per heavy atom. The van der Waals surface area contributed by atoms with Crippen molar-refractivity contribution in [3.8, 4) is 0 Å². The average Bonchev–Trinajstić information content (AvgIpc) is 2.88. The molecule has 1 saturated carbocycles. The molecule has 1 amide bonds. The standard InChI is InChI=1S/C13H11F4NO3/c14-7-4-6(9(15)11(17)10(7)16)12(19)18-8-3-1-2-5(8)13(20)21/h4-5,8H,1-3H2,(H,18,19)(H,20,21). The average molecular weight is 305 g/mol. The summed E-state index contributed by atoms with van der Waals surface area (Å²) in [5.41, 5.74) is -0.998. The first-order chi connectivity index (χ1) is 9.82. The quantitative estimate of drug-likeness (QED) is 0.511. The van der Waals surface area contributed by atoms with Crippen LogP contribution in [0.3, 0.4) is 0 Å². The van der Waals surface area contributed by atoms with Gasteiger partial charge in [-0.15, -0.1) is 0 Å². The molecule has 0 bridgehead atoms. The number of halogens is 4. The second-order valence-electron chi connectivity index (χ2n) is 4.80. The largest absolute Gasteiger partial charge is 0.481 e. The third kappa shape index (κ3) is 2.84. The van der Waals surface area contributed by atoms with E-state index in [1.54, 1.807) is 0 Å². The van der Waals surface area contributed by atoms with Crippen LogP contribution in [0.1, 0.15) is 29.6 Å². The summed E-state index contributed by atoms with van der Waals surface area (Å²) in [4.78, 5) is 22.8. The van der Waals surface area contributed by atoms with Gasteiger partial charge in [0.05, 0.1) is 11.5 Å². The molecule has 1 fully saturated rings. The Bertz CT molecular complexity index is 606. The number of hydrogen-bond donors (Lipinski definition) is 2. The van der Waals surface area contributed by atoms with Crippen molar-refractivity contribution in [2.24, 2.45) is 5.92 Å².